The Morgan fingerprint density at radius 3 is 2.77 bits per heavy atom. The molecule has 0 aliphatic heterocycles. The Labute approximate surface area is 78.9 Å². The van der Waals surface area contributed by atoms with E-state index in [-0.39, 0.29) is 6.54 Å². The lowest BCUT2D eigenvalue weighted by Gasteiger charge is -2.29. The number of hydrogen-bond acceptors (Lipinski definition) is 1. The van der Waals surface area contributed by atoms with Gasteiger partial charge >= 0.3 is 0 Å². The SMILES string of the molecule is CCC1CCCC(NCC(F)F)C1. The van der Waals surface area contributed by atoms with Gasteiger partial charge < -0.3 is 5.32 Å². The highest BCUT2D eigenvalue weighted by atomic mass is 19.3. The maximum Gasteiger partial charge on any atom is 0.250 e. The van der Waals surface area contributed by atoms with E-state index in [4.69, 9.17) is 0 Å². The Hall–Kier alpha value is -0.180. The van der Waals surface area contributed by atoms with Crippen molar-refractivity contribution in [2.75, 3.05) is 6.54 Å². The summed E-state index contributed by atoms with van der Waals surface area (Å²) in [5, 5.41) is 2.94. The Morgan fingerprint density at radius 2 is 2.15 bits per heavy atom. The van der Waals surface area contributed by atoms with Gasteiger partial charge in [0.25, 0.3) is 6.43 Å². The quantitative estimate of drug-likeness (QED) is 0.720. The average Bonchev–Trinajstić information content (AvgIpc) is 2.15. The van der Waals surface area contributed by atoms with Crippen molar-refractivity contribution < 1.29 is 8.78 Å². The van der Waals surface area contributed by atoms with Crippen LogP contribution >= 0.6 is 0 Å². The first kappa shape index (κ1) is 10.9. The third-order valence-corrected chi connectivity index (χ3v) is 2.92. The minimum atomic E-state index is -2.21. The predicted octanol–water partition coefficient (Wildman–Crippen LogP) is 2.81. The van der Waals surface area contributed by atoms with E-state index >= 15 is 0 Å². The molecule has 0 aromatic heterocycles. The molecule has 1 aliphatic rings. The molecule has 1 aliphatic carbocycles. The molecule has 0 aromatic carbocycles. The highest BCUT2D eigenvalue weighted by molar-refractivity contribution is 4.77. The van der Waals surface area contributed by atoms with Crippen molar-refractivity contribution in [1.29, 1.82) is 0 Å². The van der Waals surface area contributed by atoms with E-state index in [2.05, 4.69) is 12.2 Å². The molecule has 78 valence electrons. The summed E-state index contributed by atoms with van der Waals surface area (Å²) in [6, 6.07) is 0.340. The van der Waals surface area contributed by atoms with E-state index in [1.807, 2.05) is 0 Å². The van der Waals surface area contributed by atoms with Crippen molar-refractivity contribution in [3.05, 3.63) is 0 Å². The van der Waals surface area contributed by atoms with Crippen molar-refractivity contribution in [3.8, 4) is 0 Å². The maximum atomic E-state index is 11.9. The maximum absolute atomic E-state index is 11.9. The summed E-state index contributed by atoms with van der Waals surface area (Å²) in [5.41, 5.74) is 0. The molecule has 1 saturated carbocycles. The third kappa shape index (κ3) is 4.03. The van der Waals surface area contributed by atoms with Crippen LogP contribution in [0.2, 0.25) is 0 Å². The first-order valence-electron chi connectivity index (χ1n) is 5.24. The van der Waals surface area contributed by atoms with E-state index in [0.29, 0.717) is 6.04 Å². The van der Waals surface area contributed by atoms with Crippen molar-refractivity contribution in [2.45, 2.75) is 51.5 Å². The summed E-state index contributed by atoms with van der Waals surface area (Å²) >= 11 is 0. The molecule has 2 unspecified atom stereocenters. The minimum Gasteiger partial charge on any atom is -0.309 e. The lowest BCUT2D eigenvalue weighted by molar-refractivity contribution is 0.134. The van der Waals surface area contributed by atoms with Crippen LogP contribution in [0.4, 0.5) is 8.78 Å². The lowest BCUT2D eigenvalue weighted by Crippen LogP contribution is -2.36. The molecule has 0 radical (unpaired) electrons. The molecule has 0 aromatic rings. The van der Waals surface area contributed by atoms with Crippen molar-refractivity contribution in [2.24, 2.45) is 5.92 Å². The summed E-state index contributed by atoms with van der Waals surface area (Å²) in [5.74, 6) is 0.754. The first-order valence-corrected chi connectivity index (χ1v) is 5.24. The van der Waals surface area contributed by atoms with Crippen molar-refractivity contribution in [3.63, 3.8) is 0 Å². The zero-order valence-electron chi connectivity index (χ0n) is 8.23. The molecule has 3 heteroatoms. The van der Waals surface area contributed by atoms with Gasteiger partial charge in [0.05, 0.1) is 6.54 Å². The Kier molecular flexibility index (Phi) is 4.64. The van der Waals surface area contributed by atoms with Crippen LogP contribution in [-0.4, -0.2) is 19.0 Å². The number of alkyl halides is 2. The van der Waals surface area contributed by atoms with E-state index in [9.17, 15) is 8.78 Å². The summed E-state index contributed by atoms with van der Waals surface area (Å²) in [6.07, 6.45) is 3.62. The van der Waals surface area contributed by atoms with Gasteiger partial charge in [-0.3, -0.25) is 0 Å². The molecular formula is C10H19F2N. The highest BCUT2D eigenvalue weighted by Crippen LogP contribution is 2.26. The van der Waals surface area contributed by atoms with E-state index in [0.717, 1.165) is 18.8 Å². The topological polar surface area (TPSA) is 12.0 Å². The van der Waals surface area contributed by atoms with Gasteiger partial charge in [-0.05, 0) is 18.8 Å². The second kappa shape index (κ2) is 5.53. The first-order chi connectivity index (χ1) is 6.22. The van der Waals surface area contributed by atoms with Gasteiger partial charge in [-0.1, -0.05) is 26.2 Å². The van der Waals surface area contributed by atoms with E-state index in [1.54, 1.807) is 0 Å². The number of hydrogen-bond donors (Lipinski definition) is 1. The number of nitrogens with one attached hydrogen (secondary N) is 1. The molecule has 1 N–H and O–H groups in total. The summed E-state index contributed by atoms with van der Waals surface area (Å²) < 4.78 is 23.8. The van der Waals surface area contributed by atoms with Crippen molar-refractivity contribution in [1.82, 2.24) is 5.32 Å². The van der Waals surface area contributed by atoms with E-state index in [1.165, 1.54) is 19.3 Å². The van der Waals surface area contributed by atoms with Crippen LogP contribution in [0.3, 0.4) is 0 Å². The van der Waals surface area contributed by atoms with Gasteiger partial charge in [0.15, 0.2) is 0 Å². The van der Waals surface area contributed by atoms with Gasteiger partial charge in [-0.25, -0.2) is 8.78 Å². The lowest BCUT2D eigenvalue weighted by atomic mass is 9.84. The second-order valence-electron chi connectivity index (χ2n) is 3.94. The standard InChI is InChI=1S/C10H19F2N/c1-2-8-4-3-5-9(6-8)13-7-10(11)12/h8-10,13H,2-7H2,1H3. The van der Waals surface area contributed by atoms with Crippen LogP contribution in [0.25, 0.3) is 0 Å². The fourth-order valence-corrected chi connectivity index (χ4v) is 2.10. The molecule has 1 fully saturated rings. The number of rotatable bonds is 4. The van der Waals surface area contributed by atoms with Crippen LogP contribution in [-0.2, 0) is 0 Å². The molecule has 0 amide bonds. The van der Waals surface area contributed by atoms with Gasteiger partial charge in [0.2, 0.25) is 0 Å². The second-order valence-corrected chi connectivity index (χ2v) is 3.94. The van der Waals surface area contributed by atoms with Crippen molar-refractivity contribution >= 4 is 0 Å². The van der Waals surface area contributed by atoms with Crippen LogP contribution in [0.5, 0.6) is 0 Å². The van der Waals surface area contributed by atoms with Gasteiger partial charge in [0, 0.05) is 6.04 Å². The molecule has 0 bridgehead atoms. The third-order valence-electron chi connectivity index (χ3n) is 2.92. The van der Waals surface area contributed by atoms with Crippen LogP contribution in [0.1, 0.15) is 39.0 Å². The summed E-state index contributed by atoms with van der Waals surface area (Å²) in [7, 11) is 0. The molecule has 1 nitrogen and oxygen atoms in total. The van der Waals surface area contributed by atoms with Gasteiger partial charge in [0.1, 0.15) is 0 Å². The summed E-state index contributed by atoms with van der Waals surface area (Å²) in [6.45, 7) is 2.04. The summed E-state index contributed by atoms with van der Waals surface area (Å²) in [4.78, 5) is 0. The van der Waals surface area contributed by atoms with Crippen LogP contribution in [0, 0.1) is 5.92 Å². The zero-order valence-corrected chi connectivity index (χ0v) is 8.23. The van der Waals surface area contributed by atoms with E-state index < -0.39 is 6.43 Å². The molecule has 13 heavy (non-hydrogen) atoms. The van der Waals surface area contributed by atoms with Gasteiger partial charge in [-0.2, -0.15) is 0 Å². The van der Waals surface area contributed by atoms with Crippen LogP contribution < -0.4 is 5.32 Å². The average molecular weight is 191 g/mol. The Bertz CT molecular complexity index is 139. The molecule has 0 spiro atoms. The monoisotopic (exact) mass is 191 g/mol. The largest absolute Gasteiger partial charge is 0.309 e. The predicted molar refractivity (Wildman–Crippen MR) is 50.0 cm³/mol. The fourth-order valence-electron chi connectivity index (χ4n) is 2.10. The molecule has 2 atom stereocenters. The smallest absolute Gasteiger partial charge is 0.250 e. The molecule has 0 saturated heterocycles. The highest BCUT2D eigenvalue weighted by Gasteiger charge is 2.20. The van der Waals surface area contributed by atoms with Gasteiger partial charge in [-0.15, -0.1) is 0 Å². The molecular weight excluding hydrogens is 172 g/mol. The Balaban J connectivity index is 2.18. The minimum absolute atomic E-state index is 0.138. The number of halogens is 2. The molecule has 1 rings (SSSR count). The molecule has 0 heterocycles. The fraction of sp³-hybridized carbons (Fsp3) is 1.00. The normalized spacial score (nSPS) is 29.5. The van der Waals surface area contributed by atoms with Crippen LogP contribution in [0.15, 0.2) is 0 Å². The Morgan fingerprint density at radius 1 is 1.38 bits per heavy atom. The zero-order chi connectivity index (χ0) is 9.68.